The molecule has 0 spiro atoms. The molecular weight excluding hydrogens is 335 g/mol. The molecule has 3 aromatic rings. The fourth-order valence-corrected chi connectivity index (χ4v) is 2.36. The molecule has 2 N–H and O–H groups in total. The molecule has 0 fully saturated rings. The number of aromatic amines is 1. The van der Waals surface area contributed by atoms with Crippen LogP contribution < -0.4 is 10.1 Å². The molecule has 0 saturated carbocycles. The average molecular weight is 349 g/mol. The van der Waals surface area contributed by atoms with Crippen LogP contribution in [0, 0.1) is 5.82 Å². The van der Waals surface area contributed by atoms with Gasteiger partial charge in [0.05, 0.1) is 16.7 Å². The van der Waals surface area contributed by atoms with Gasteiger partial charge in [-0.2, -0.15) is 8.78 Å². The molecule has 0 unspecified atom stereocenters. The first-order chi connectivity index (χ1) is 12.0. The summed E-state index contributed by atoms with van der Waals surface area (Å²) >= 11 is 0. The number of para-hydroxylation sites is 2. The van der Waals surface area contributed by atoms with Crippen LogP contribution in [0.25, 0.3) is 11.0 Å². The Morgan fingerprint density at radius 2 is 2.04 bits per heavy atom. The lowest BCUT2D eigenvalue weighted by molar-refractivity contribution is -0.116. The Morgan fingerprint density at radius 3 is 2.80 bits per heavy atom. The number of rotatable bonds is 6. The number of nitrogens with one attached hydrogen (secondary N) is 2. The second kappa shape index (κ2) is 7.25. The van der Waals surface area contributed by atoms with Crippen molar-refractivity contribution >= 4 is 22.6 Å². The van der Waals surface area contributed by atoms with E-state index in [1.165, 1.54) is 6.07 Å². The number of hydrogen-bond acceptors (Lipinski definition) is 3. The van der Waals surface area contributed by atoms with Crippen molar-refractivity contribution < 1.29 is 22.7 Å². The van der Waals surface area contributed by atoms with Crippen molar-refractivity contribution in [1.82, 2.24) is 9.97 Å². The summed E-state index contributed by atoms with van der Waals surface area (Å²) in [5, 5.41) is 2.44. The third-order valence-corrected chi connectivity index (χ3v) is 3.46. The lowest BCUT2D eigenvalue weighted by Crippen LogP contribution is -2.14. The minimum atomic E-state index is -3.12. The number of carbonyl (C=O) groups excluding carboxylic acids is 1. The summed E-state index contributed by atoms with van der Waals surface area (Å²) in [5.41, 5.74) is 1.64. The van der Waals surface area contributed by atoms with Gasteiger partial charge in [-0.25, -0.2) is 9.37 Å². The predicted octanol–water partition coefficient (Wildman–Crippen LogP) is 3.87. The van der Waals surface area contributed by atoms with Crippen molar-refractivity contribution in [3.05, 3.63) is 54.1 Å². The van der Waals surface area contributed by atoms with Crippen LogP contribution in [0.2, 0.25) is 0 Å². The van der Waals surface area contributed by atoms with E-state index in [9.17, 15) is 18.0 Å². The second-order valence-corrected chi connectivity index (χ2v) is 5.27. The van der Waals surface area contributed by atoms with Gasteiger partial charge < -0.3 is 15.0 Å². The van der Waals surface area contributed by atoms with Crippen LogP contribution in [-0.4, -0.2) is 22.5 Å². The maximum atomic E-state index is 13.2. The third kappa shape index (κ3) is 4.28. The number of carbonyl (C=O) groups is 1. The van der Waals surface area contributed by atoms with E-state index in [0.29, 0.717) is 12.2 Å². The van der Waals surface area contributed by atoms with E-state index in [1.807, 2.05) is 24.3 Å². The summed E-state index contributed by atoms with van der Waals surface area (Å²) in [6.07, 6.45) is 0.415. The Kier molecular flexibility index (Phi) is 4.87. The maximum absolute atomic E-state index is 13.2. The zero-order valence-corrected chi connectivity index (χ0v) is 12.9. The lowest BCUT2D eigenvalue weighted by Gasteiger charge is -2.11. The third-order valence-electron chi connectivity index (χ3n) is 3.46. The van der Waals surface area contributed by atoms with Crippen molar-refractivity contribution in [3.8, 4) is 5.75 Å². The van der Waals surface area contributed by atoms with Gasteiger partial charge in [-0.1, -0.05) is 12.1 Å². The molecule has 0 aliphatic rings. The van der Waals surface area contributed by atoms with Crippen molar-refractivity contribution in [2.24, 2.45) is 0 Å². The average Bonchev–Trinajstić information content (AvgIpc) is 2.98. The lowest BCUT2D eigenvalue weighted by atomic mass is 10.2. The molecule has 0 saturated heterocycles. The smallest absolute Gasteiger partial charge is 0.387 e. The quantitative estimate of drug-likeness (QED) is 0.710. The topological polar surface area (TPSA) is 67.0 Å². The highest BCUT2D eigenvalue weighted by Gasteiger charge is 2.14. The van der Waals surface area contributed by atoms with Gasteiger partial charge in [-0.3, -0.25) is 4.79 Å². The van der Waals surface area contributed by atoms with Gasteiger partial charge >= 0.3 is 6.61 Å². The molecule has 0 aliphatic heterocycles. The monoisotopic (exact) mass is 349 g/mol. The van der Waals surface area contributed by atoms with E-state index in [-0.39, 0.29) is 12.1 Å². The molecule has 5 nitrogen and oxygen atoms in total. The number of halogens is 3. The normalized spacial score (nSPS) is 11.0. The van der Waals surface area contributed by atoms with E-state index in [0.717, 1.165) is 23.2 Å². The zero-order chi connectivity index (χ0) is 17.8. The Bertz CT molecular complexity index is 863. The van der Waals surface area contributed by atoms with Gasteiger partial charge in [0, 0.05) is 18.9 Å². The molecule has 8 heteroatoms. The minimum Gasteiger partial charge on any atom is -0.432 e. The molecule has 1 aromatic heterocycles. The van der Waals surface area contributed by atoms with Crippen molar-refractivity contribution in [2.45, 2.75) is 19.5 Å². The highest BCUT2D eigenvalue weighted by Crippen LogP contribution is 2.27. The number of nitrogens with zero attached hydrogens (tertiary/aromatic N) is 1. The van der Waals surface area contributed by atoms with E-state index in [4.69, 9.17) is 0 Å². The Balaban J connectivity index is 1.64. The SMILES string of the molecule is O=C(CCc1nc2ccccc2[nH]1)Nc1ccc(F)cc1OC(F)F. The first-order valence-corrected chi connectivity index (χ1v) is 7.49. The molecule has 1 amide bonds. The number of imidazole rings is 1. The van der Waals surface area contributed by atoms with Crippen LogP contribution in [0.3, 0.4) is 0 Å². The number of aryl methyl sites for hydroxylation is 1. The van der Waals surface area contributed by atoms with Crippen molar-refractivity contribution in [3.63, 3.8) is 0 Å². The summed E-state index contributed by atoms with van der Waals surface area (Å²) < 4.78 is 42.1. The van der Waals surface area contributed by atoms with E-state index in [1.54, 1.807) is 0 Å². The van der Waals surface area contributed by atoms with E-state index < -0.39 is 24.1 Å². The van der Waals surface area contributed by atoms with Gasteiger partial charge in [0.15, 0.2) is 5.75 Å². The fourth-order valence-electron chi connectivity index (χ4n) is 2.36. The molecule has 0 aliphatic carbocycles. The second-order valence-electron chi connectivity index (χ2n) is 5.27. The minimum absolute atomic E-state index is 0.0173. The number of aromatic nitrogens is 2. The Hall–Kier alpha value is -3.03. The fraction of sp³-hybridized carbons (Fsp3) is 0.176. The number of benzene rings is 2. The molecule has 1 heterocycles. The number of anilines is 1. The van der Waals surface area contributed by atoms with Crippen molar-refractivity contribution in [1.29, 1.82) is 0 Å². The molecule has 25 heavy (non-hydrogen) atoms. The highest BCUT2D eigenvalue weighted by molar-refractivity contribution is 5.92. The van der Waals surface area contributed by atoms with Crippen LogP contribution in [0.1, 0.15) is 12.2 Å². The Morgan fingerprint density at radius 1 is 1.24 bits per heavy atom. The Labute approximate surface area is 140 Å². The standard InChI is InChI=1S/C17H14F3N3O2/c18-10-5-6-13(14(9-10)25-17(19)20)23-16(24)8-7-15-21-11-3-1-2-4-12(11)22-15/h1-6,9,17H,7-8H2,(H,21,22)(H,23,24). The maximum Gasteiger partial charge on any atom is 0.387 e. The van der Waals surface area contributed by atoms with Gasteiger partial charge in [0.2, 0.25) is 5.91 Å². The molecule has 0 bridgehead atoms. The summed E-state index contributed by atoms with van der Waals surface area (Å²) in [4.78, 5) is 19.5. The first-order valence-electron chi connectivity index (χ1n) is 7.49. The summed E-state index contributed by atoms with van der Waals surface area (Å²) in [6, 6.07) is 10.5. The molecule has 3 rings (SSSR count). The van der Waals surface area contributed by atoms with Gasteiger partial charge in [0.25, 0.3) is 0 Å². The van der Waals surface area contributed by atoms with Crippen LogP contribution >= 0.6 is 0 Å². The predicted molar refractivity (Wildman–Crippen MR) is 86.1 cm³/mol. The number of alkyl halides is 2. The largest absolute Gasteiger partial charge is 0.432 e. The number of ether oxygens (including phenoxy) is 1. The van der Waals surface area contributed by atoms with Gasteiger partial charge in [-0.05, 0) is 24.3 Å². The van der Waals surface area contributed by atoms with E-state index in [2.05, 4.69) is 20.0 Å². The van der Waals surface area contributed by atoms with Crippen LogP contribution in [0.4, 0.5) is 18.9 Å². The molecule has 0 atom stereocenters. The number of hydrogen-bond donors (Lipinski definition) is 2. The van der Waals surface area contributed by atoms with Gasteiger partial charge in [-0.15, -0.1) is 0 Å². The van der Waals surface area contributed by atoms with Crippen molar-refractivity contribution in [2.75, 3.05) is 5.32 Å². The molecular formula is C17H14F3N3O2. The van der Waals surface area contributed by atoms with Gasteiger partial charge in [0.1, 0.15) is 11.6 Å². The number of fused-ring (bicyclic) bond motifs is 1. The summed E-state index contributed by atoms with van der Waals surface area (Å²) in [5.74, 6) is -0.950. The molecule has 2 aromatic carbocycles. The summed E-state index contributed by atoms with van der Waals surface area (Å²) in [7, 11) is 0. The molecule has 130 valence electrons. The van der Waals surface area contributed by atoms with Crippen LogP contribution in [0.5, 0.6) is 5.75 Å². The summed E-state index contributed by atoms with van der Waals surface area (Å²) in [6.45, 7) is -3.12. The van der Waals surface area contributed by atoms with Crippen LogP contribution in [0.15, 0.2) is 42.5 Å². The highest BCUT2D eigenvalue weighted by atomic mass is 19.3. The van der Waals surface area contributed by atoms with E-state index >= 15 is 0 Å². The van der Waals surface area contributed by atoms with Crippen LogP contribution in [-0.2, 0) is 11.2 Å². The molecule has 0 radical (unpaired) electrons. The zero-order valence-electron chi connectivity index (χ0n) is 12.9. The number of H-pyrrole nitrogens is 1. The first kappa shape index (κ1) is 16.8. The number of amides is 1.